The van der Waals surface area contributed by atoms with Gasteiger partial charge in [-0.05, 0) is 51.2 Å². The smallest absolute Gasteiger partial charge is 0.321 e. The number of carbonyl (C=O) groups excluding carboxylic acids is 1. The molecule has 0 saturated carbocycles. The van der Waals surface area contributed by atoms with Crippen molar-refractivity contribution in [1.29, 1.82) is 0 Å². The van der Waals surface area contributed by atoms with E-state index in [1.54, 1.807) is 11.1 Å². The fourth-order valence-electron chi connectivity index (χ4n) is 3.70. The molecule has 0 aliphatic carbocycles. The summed E-state index contributed by atoms with van der Waals surface area (Å²) < 4.78 is 0. The third-order valence-electron chi connectivity index (χ3n) is 5.20. The van der Waals surface area contributed by atoms with Crippen molar-refractivity contribution in [3.8, 4) is 0 Å². The van der Waals surface area contributed by atoms with Gasteiger partial charge in [-0.1, -0.05) is 0 Å². The zero-order valence-electron chi connectivity index (χ0n) is 14.9. The van der Waals surface area contributed by atoms with Crippen molar-refractivity contribution in [2.75, 3.05) is 29.9 Å². The maximum absolute atomic E-state index is 12.3. The molecule has 0 bridgehead atoms. The lowest BCUT2D eigenvalue weighted by Gasteiger charge is -2.35. The summed E-state index contributed by atoms with van der Waals surface area (Å²) in [4.78, 5) is 31.8. The van der Waals surface area contributed by atoms with E-state index in [4.69, 9.17) is 5.11 Å². The molecule has 136 valence electrons. The third kappa shape index (κ3) is 3.86. The quantitative estimate of drug-likeness (QED) is 0.879. The number of amides is 2. The fourth-order valence-corrected chi connectivity index (χ4v) is 3.70. The second-order valence-electron chi connectivity index (χ2n) is 7.10. The summed E-state index contributed by atoms with van der Waals surface area (Å²) in [5.41, 5.74) is 1.69. The zero-order chi connectivity index (χ0) is 18.0. The number of nitrogens with one attached hydrogen (secondary N) is 1. The Morgan fingerprint density at radius 3 is 2.72 bits per heavy atom. The van der Waals surface area contributed by atoms with Crippen LogP contribution < -0.4 is 10.2 Å². The van der Waals surface area contributed by atoms with E-state index < -0.39 is 11.9 Å². The summed E-state index contributed by atoms with van der Waals surface area (Å²) in [6.07, 6.45) is 5.82. The molecule has 25 heavy (non-hydrogen) atoms. The molecule has 0 aromatic carbocycles. The van der Waals surface area contributed by atoms with E-state index in [1.807, 2.05) is 13.0 Å². The normalized spacial score (nSPS) is 23.6. The van der Waals surface area contributed by atoms with Gasteiger partial charge in [0.15, 0.2) is 0 Å². The molecule has 2 saturated heterocycles. The predicted molar refractivity (Wildman–Crippen MR) is 96.0 cm³/mol. The number of anilines is 2. The molecule has 0 radical (unpaired) electrons. The Bertz CT molecular complexity index is 664. The number of hydrogen-bond acceptors (Lipinski definition) is 4. The van der Waals surface area contributed by atoms with Gasteiger partial charge in [0.1, 0.15) is 5.82 Å². The lowest BCUT2D eigenvalue weighted by molar-refractivity contribution is -0.141. The van der Waals surface area contributed by atoms with Crippen LogP contribution >= 0.6 is 0 Å². The van der Waals surface area contributed by atoms with Gasteiger partial charge in [-0.3, -0.25) is 4.79 Å². The van der Waals surface area contributed by atoms with E-state index in [9.17, 15) is 9.59 Å². The molecule has 2 unspecified atom stereocenters. The van der Waals surface area contributed by atoms with E-state index >= 15 is 0 Å². The van der Waals surface area contributed by atoms with Crippen molar-refractivity contribution in [3.63, 3.8) is 0 Å². The van der Waals surface area contributed by atoms with Gasteiger partial charge in [0.25, 0.3) is 0 Å². The van der Waals surface area contributed by atoms with E-state index in [0.29, 0.717) is 24.7 Å². The Kier molecular flexibility index (Phi) is 5.11. The summed E-state index contributed by atoms with van der Waals surface area (Å²) in [6.45, 7) is 5.98. The highest BCUT2D eigenvalue weighted by Gasteiger charge is 2.31. The number of carbonyl (C=O) groups is 2. The number of aromatic nitrogens is 1. The van der Waals surface area contributed by atoms with Crippen molar-refractivity contribution < 1.29 is 14.7 Å². The molecule has 3 heterocycles. The second-order valence-corrected chi connectivity index (χ2v) is 7.10. The Hall–Kier alpha value is -2.31. The Labute approximate surface area is 148 Å². The molecule has 2 amide bonds. The van der Waals surface area contributed by atoms with E-state index in [2.05, 4.69) is 22.1 Å². The number of carboxylic acid groups (broad SMARTS) is 1. The molecule has 1 aromatic rings. The molecule has 2 aliphatic heterocycles. The molecule has 2 N–H and O–H groups in total. The topological polar surface area (TPSA) is 85.8 Å². The molecule has 2 fully saturated rings. The first kappa shape index (κ1) is 17.5. The van der Waals surface area contributed by atoms with Crippen molar-refractivity contribution in [1.82, 2.24) is 9.88 Å². The lowest BCUT2D eigenvalue weighted by atomic mass is 10.0. The van der Waals surface area contributed by atoms with Crippen LogP contribution in [0.25, 0.3) is 0 Å². The highest BCUT2D eigenvalue weighted by atomic mass is 16.4. The Morgan fingerprint density at radius 1 is 1.28 bits per heavy atom. The summed E-state index contributed by atoms with van der Waals surface area (Å²) in [7, 11) is 0. The van der Waals surface area contributed by atoms with Crippen molar-refractivity contribution >= 4 is 23.5 Å². The van der Waals surface area contributed by atoms with Gasteiger partial charge in [0, 0.05) is 25.7 Å². The Balaban J connectivity index is 1.65. The molecule has 3 rings (SSSR count). The highest BCUT2D eigenvalue weighted by molar-refractivity contribution is 5.90. The molecule has 7 nitrogen and oxygen atoms in total. The number of aryl methyl sites for hydroxylation is 1. The number of likely N-dealkylation sites (tertiary alicyclic amines) is 1. The minimum atomic E-state index is -0.840. The van der Waals surface area contributed by atoms with Gasteiger partial charge in [-0.2, -0.15) is 0 Å². The predicted octanol–water partition coefficient (Wildman–Crippen LogP) is 2.71. The number of aliphatic carboxylic acids is 1. The van der Waals surface area contributed by atoms with Crippen molar-refractivity contribution in [2.45, 2.75) is 45.6 Å². The molecule has 1 aromatic heterocycles. The van der Waals surface area contributed by atoms with E-state index in [0.717, 1.165) is 17.9 Å². The van der Waals surface area contributed by atoms with Crippen LogP contribution in [0.3, 0.4) is 0 Å². The van der Waals surface area contributed by atoms with Crippen molar-refractivity contribution in [2.24, 2.45) is 5.92 Å². The lowest BCUT2D eigenvalue weighted by Crippen LogP contribution is -2.38. The largest absolute Gasteiger partial charge is 0.481 e. The summed E-state index contributed by atoms with van der Waals surface area (Å²) in [6, 6.07) is 2.16. The standard InChI is InChI=1S/C18H26N4O3/c1-12-9-15(10-19-16(12)22-7-4-3-5-13(22)2)20-18(25)21-8-6-14(11-21)17(23)24/h9-10,13-14H,3-8,11H2,1-2H3,(H,20,25)(H,23,24). The Morgan fingerprint density at radius 2 is 2.08 bits per heavy atom. The first-order valence-corrected chi connectivity index (χ1v) is 8.97. The average molecular weight is 346 g/mol. The SMILES string of the molecule is Cc1cc(NC(=O)N2CCC(C(=O)O)C2)cnc1N1CCCCC1C. The van der Waals surface area contributed by atoms with Gasteiger partial charge in [-0.25, -0.2) is 9.78 Å². The number of hydrogen-bond donors (Lipinski definition) is 2. The van der Waals surface area contributed by atoms with Crippen LogP contribution in [0.15, 0.2) is 12.3 Å². The number of nitrogens with zero attached hydrogens (tertiary/aromatic N) is 3. The van der Waals surface area contributed by atoms with Gasteiger partial charge >= 0.3 is 12.0 Å². The maximum atomic E-state index is 12.3. The summed E-state index contributed by atoms with van der Waals surface area (Å²) in [5.74, 6) is -0.321. The molecule has 0 spiro atoms. The van der Waals surface area contributed by atoms with Crippen LogP contribution in [0.1, 0.15) is 38.2 Å². The minimum Gasteiger partial charge on any atom is -0.481 e. The van der Waals surface area contributed by atoms with Crippen LogP contribution in [-0.4, -0.2) is 52.7 Å². The molecule has 2 atom stereocenters. The van der Waals surface area contributed by atoms with Crippen LogP contribution in [0.5, 0.6) is 0 Å². The molecule has 7 heteroatoms. The number of rotatable bonds is 3. The van der Waals surface area contributed by atoms with Gasteiger partial charge in [-0.15, -0.1) is 0 Å². The number of urea groups is 1. The van der Waals surface area contributed by atoms with E-state index in [1.165, 1.54) is 19.3 Å². The number of pyridine rings is 1. The zero-order valence-corrected chi connectivity index (χ0v) is 14.9. The average Bonchev–Trinajstić information content (AvgIpc) is 3.06. The second kappa shape index (κ2) is 7.29. The van der Waals surface area contributed by atoms with E-state index in [-0.39, 0.29) is 12.6 Å². The monoisotopic (exact) mass is 346 g/mol. The van der Waals surface area contributed by atoms with Crippen molar-refractivity contribution in [3.05, 3.63) is 17.8 Å². The van der Waals surface area contributed by atoms with Crippen LogP contribution in [-0.2, 0) is 4.79 Å². The fraction of sp³-hybridized carbons (Fsp3) is 0.611. The molecule has 2 aliphatic rings. The summed E-state index contributed by atoms with van der Waals surface area (Å²) >= 11 is 0. The third-order valence-corrected chi connectivity index (χ3v) is 5.20. The van der Waals surface area contributed by atoms with Crippen LogP contribution in [0.2, 0.25) is 0 Å². The number of piperidine rings is 1. The molecular weight excluding hydrogens is 320 g/mol. The highest BCUT2D eigenvalue weighted by Crippen LogP contribution is 2.27. The van der Waals surface area contributed by atoms with Crippen LogP contribution in [0, 0.1) is 12.8 Å². The first-order valence-electron chi connectivity index (χ1n) is 8.97. The summed E-state index contributed by atoms with van der Waals surface area (Å²) in [5, 5.41) is 11.9. The minimum absolute atomic E-state index is 0.260. The first-order chi connectivity index (χ1) is 12.0. The molecular formula is C18H26N4O3. The maximum Gasteiger partial charge on any atom is 0.321 e. The van der Waals surface area contributed by atoms with Gasteiger partial charge < -0.3 is 20.2 Å². The van der Waals surface area contributed by atoms with Gasteiger partial charge in [0.2, 0.25) is 0 Å². The van der Waals surface area contributed by atoms with Crippen LogP contribution in [0.4, 0.5) is 16.3 Å². The van der Waals surface area contributed by atoms with Gasteiger partial charge in [0.05, 0.1) is 17.8 Å². The number of carboxylic acids is 1.